The molecule has 1 rings (SSSR count). The Hall–Kier alpha value is -1.84. The van der Waals surface area contributed by atoms with E-state index in [-0.39, 0.29) is 11.8 Å². The van der Waals surface area contributed by atoms with E-state index < -0.39 is 0 Å². The summed E-state index contributed by atoms with van der Waals surface area (Å²) in [6.45, 7) is 8.60. The van der Waals surface area contributed by atoms with Gasteiger partial charge in [-0.1, -0.05) is 31.5 Å². The van der Waals surface area contributed by atoms with Crippen molar-refractivity contribution in [2.24, 2.45) is 0 Å². The van der Waals surface area contributed by atoms with E-state index in [0.29, 0.717) is 19.5 Å². The van der Waals surface area contributed by atoms with Gasteiger partial charge in [-0.15, -0.1) is 0 Å². The van der Waals surface area contributed by atoms with Gasteiger partial charge >= 0.3 is 0 Å². The molecule has 4 nitrogen and oxygen atoms in total. The van der Waals surface area contributed by atoms with Gasteiger partial charge in [0.2, 0.25) is 11.8 Å². The Balaban J connectivity index is 2.67. The third-order valence-electron chi connectivity index (χ3n) is 3.50. The Bertz CT molecular complexity index is 477. The molecule has 0 aromatic heterocycles. The van der Waals surface area contributed by atoms with Crippen molar-refractivity contribution in [1.29, 1.82) is 0 Å². The maximum absolute atomic E-state index is 11.9. The van der Waals surface area contributed by atoms with Crippen LogP contribution in [0.25, 0.3) is 0 Å². The summed E-state index contributed by atoms with van der Waals surface area (Å²) in [5.74, 6) is 0.0528. The second-order valence-corrected chi connectivity index (χ2v) is 5.36. The third-order valence-corrected chi connectivity index (χ3v) is 3.50. The van der Waals surface area contributed by atoms with Gasteiger partial charge in [-0.25, -0.2) is 0 Å². The largest absolute Gasteiger partial charge is 0.354 e. The summed E-state index contributed by atoms with van der Waals surface area (Å²) in [6, 6.07) is 5.98. The number of hydrogen-bond acceptors (Lipinski definition) is 2. The summed E-state index contributed by atoms with van der Waals surface area (Å²) < 4.78 is 0. The van der Waals surface area contributed by atoms with Crippen LogP contribution in [0.1, 0.15) is 44.2 Å². The molecule has 0 saturated heterocycles. The highest BCUT2D eigenvalue weighted by Gasteiger charge is 2.15. The van der Waals surface area contributed by atoms with E-state index in [9.17, 15) is 9.59 Å². The maximum Gasteiger partial charge on any atom is 0.223 e. The molecule has 1 aromatic rings. The van der Waals surface area contributed by atoms with Crippen LogP contribution in [0.5, 0.6) is 0 Å². The zero-order valence-corrected chi connectivity index (χ0v) is 13.5. The molecule has 4 heteroatoms. The summed E-state index contributed by atoms with van der Waals surface area (Å²) in [6.07, 6.45) is 2.47. The number of amides is 2. The Morgan fingerprint density at radius 2 is 1.81 bits per heavy atom. The lowest BCUT2D eigenvalue weighted by atomic mass is 10.1. The number of carbonyl (C=O) groups is 2. The Morgan fingerprint density at radius 1 is 1.19 bits per heavy atom. The van der Waals surface area contributed by atoms with Crippen LogP contribution >= 0.6 is 0 Å². The van der Waals surface area contributed by atoms with E-state index in [0.717, 1.165) is 29.7 Å². The number of benzene rings is 1. The number of rotatable bonds is 7. The second-order valence-electron chi connectivity index (χ2n) is 5.36. The first-order valence-electron chi connectivity index (χ1n) is 7.58. The molecule has 21 heavy (non-hydrogen) atoms. The first kappa shape index (κ1) is 17.2. The maximum atomic E-state index is 11.9. The average molecular weight is 290 g/mol. The van der Waals surface area contributed by atoms with Gasteiger partial charge in [0.25, 0.3) is 0 Å². The minimum absolute atomic E-state index is 0.00444. The molecule has 1 aromatic carbocycles. The van der Waals surface area contributed by atoms with Crippen molar-refractivity contribution >= 4 is 17.5 Å². The molecule has 0 fully saturated rings. The molecule has 2 amide bonds. The number of nitrogens with zero attached hydrogens (tertiary/aromatic N) is 1. The van der Waals surface area contributed by atoms with Gasteiger partial charge in [-0.05, 0) is 31.4 Å². The van der Waals surface area contributed by atoms with Gasteiger partial charge in [-0.2, -0.15) is 0 Å². The molecule has 0 aliphatic rings. The van der Waals surface area contributed by atoms with Crippen LogP contribution in [0.3, 0.4) is 0 Å². The van der Waals surface area contributed by atoms with Crippen molar-refractivity contribution in [3.8, 4) is 0 Å². The van der Waals surface area contributed by atoms with Crippen LogP contribution in [0.2, 0.25) is 0 Å². The highest BCUT2D eigenvalue weighted by atomic mass is 16.2. The quantitative estimate of drug-likeness (QED) is 0.839. The summed E-state index contributed by atoms with van der Waals surface area (Å²) in [5, 5.41) is 2.88. The lowest BCUT2D eigenvalue weighted by molar-refractivity contribution is -0.121. The van der Waals surface area contributed by atoms with Gasteiger partial charge in [-0.3, -0.25) is 9.59 Å². The van der Waals surface area contributed by atoms with E-state index in [2.05, 4.69) is 12.2 Å². The molecule has 0 bridgehead atoms. The second kappa shape index (κ2) is 8.45. The van der Waals surface area contributed by atoms with E-state index >= 15 is 0 Å². The van der Waals surface area contributed by atoms with Crippen LogP contribution in [0, 0.1) is 13.8 Å². The van der Waals surface area contributed by atoms with Crippen LogP contribution in [-0.2, 0) is 9.59 Å². The molecule has 0 unspecified atom stereocenters. The summed E-state index contributed by atoms with van der Waals surface area (Å²) in [4.78, 5) is 25.3. The molecule has 0 spiro atoms. The fraction of sp³-hybridized carbons (Fsp3) is 0.529. The van der Waals surface area contributed by atoms with Crippen molar-refractivity contribution in [1.82, 2.24) is 5.32 Å². The third kappa shape index (κ3) is 5.21. The van der Waals surface area contributed by atoms with Gasteiger partial charge in [0.15, 0.2) is 0 Å². The Morgan fingerprint density at radius 3 is 2.33 bits per heavy atom. The van der Waals surface area contributed by atoms with Crippen LogP contribution in [0.4, 0.5) is 5.69 Å². The molecule has 116 valence electrons. The lowest BCUT2D eigenvalue weighted by Crippen LogP contribution is -2.38. The predicted molar refractivity (Wildman–Crippen MR) is 86.5 cm³/mol. The predicted octanol–water partition coefficient (Wildman–Crippen LogP) is 2.96. The van der Waals surface area contributed by atoms with Gasteiger partial charge < -0.3 is 10.2 Å². The zero-order valence-electron chi connectivity index (χ0n) is 13.5. The van der Waals surface area contributed by atoms with Crippen LogP contribution < -0.4 is 10.2 Å². The van der Waals surface area contributed by atoms with Crippen molar-refractivity contribution in [2.45, 2.75) is 47.0 Å². The van der Waals surface area contributed by atoms with Crippen molar-refractivity contribution in [2.75, 3.05) is 18.0 Å². The first-order chi connectivity index (χ1) is 9.97. The highest BCUT2D eigenvalue weighted by Crippen LogP contribution is 2.24. The first-order valence-corrected chi connectivity index (χ1v) is 7.58. The number of aryl methyl sites for hydroxylation is 2. The molecule has 0 atom stereocenters. The van der Waals surface area contributed by atoms with Crippen molar-refractivity contribution < 1.29 is 9.59 Å². The fourth-order valence-corrected chi connectivity index (χ4v) is 2.39. The minimum atomic E-state index is -0.00444. The molecule has 1 N–H and O–H groups in total. The van der Waals surface area contributed by atoms with Crippen molar-refractivity contribution in [3.05, 3.63) is 29.3 Å². The summed E-state index contributed by atoms with van der Waals surface area (Å²) >= 11 is 0. The molecule has 0 aliphatic carbocycles. The van der Waals surface area contributed by atoms with Crippen molar-refractivity contribution in [3.63, 3.8) is 0 Å². The number of anilines is 1. The number of unbranched alkanes of at least 4 members (excludes halogenated alkanes) is 1. The van der Waals surface area contributed by atoms with Gasteiger partial charge in [0.05, 0.1) is 0 Å². The highest BCUT2D eigenvalue weighted by molar-refractivity contribution is 5.93. The van der Waals surface area contributed by atoms with E-state index in [4.69, 9.17) is 0 Å². The van der Waals surface area contributed by atoms with Crippen LogP contribution in [-0.4, -0.2) is 24.9 Å². The zero-order chi connectivity index (χ0) is 15.8. The smallest absolute Gasteiger partial charge is 0.223 e. The number of para-hydroxylation sites is 1. The lowest BCUT2D eigenvalue weighted by Gasteiger charge is -2.25. The SMILES string of the molecule is CCCCC(=O)NCCN(C(C)=O)c1c(C)cccc1C. The Labute approximate surface area is 127 Å². The molecule has 0 saturated carbocycles. The number of carbonyl (C=O) groups excluding carboxylic acids is 2. The molecule has 0 radical (unpaired) electrons. The van der Waals surface area contributed by atoms with Crippen LogP contribution in [0.15, 0.2) is 18.2 Å². The minimum Gasteiger partial charge on any atom is -0.354 e. The summed E-state index contributed by atoms with van der Waals surface area (Å²) in [7, 11) is 0. The molecular formula is C17H26N2O2. The molecular weight excluding hydrogens is 264 g/mol. The molecule has 0 aliphatic heterocycles. The number of nitrogens with one attached hydrogen (secondary N) is 1. The molecule has 0 heterocycles. The normalized spacial score (nSPS) is 10.3. The fourth-order valence-electron chi connectivity index (χ4n) is 2.39. The monoisotopic (exact) mass is 290 g/mol. The average Bonchev–Trinajstić information content (AvgIpc) is 2.42. The standard InChI is InChI=1S/C17H26N2O2/c1-5-6-10-16(21)18-11-12-19(15(4)20)17-13(2)8-7-9-14(17)3/h7-9H,5-6,10-12H2,1-4H3,(H,18,21). The Kier molecular flexibility index (Phi) is 6.92. The summed E-state index contributed by atoms with van der Waals surface area (Å²) in [5.41, 5.74) is 3.10. The van der Waals surface area contributed by atoms with E-state index in [1.165, 1.54) is 0 Å². The van der Waals surface area contributed by atoms with E-state index in [1.807, 2.05) is 32.0 Å². The topological polar surface area (TPSA) is 49.4 Å². The number of hydrogen-bond donors (Lipinski definition) is 1. The van der Waals surface area contributed by atoms with Gasteiger partial charge in [0.1, 0.15) is 0 Å². The van der Waals surface area contributed by atoms with E-state index in [1.54, 1.807) is 11.8 Å². The van der Waals surface area contributed by atoms with Gasteiger partial charge in [0, 0.05) is 32.1 Å².